The minimum absolute atomic E-state index is 0.149. The van der Waals surface area contributed by atoms with Crippen LogP contribution in [0.15, 0.2) is 0 Å². The second-order valence-electron chi connectivity index (χ2n) is 3.92. The van der Waals surface area contributed by atoms with E-state index in [1.54, 1.807) is 6.92 Å². The van der Waals surface area contributed by atoms with Crippen molar-refractivity contribution in [2.45, 2.75) is 52.4 Å². The Morgan fingerprint density at radius 2 is 1.69 bits per heavy atom. The van der Waals surface area contributed by atoms with Gasteiger partial charge in [-0.2, -0.15) is 0 Å². The molecule has 92 valence electrons. The van der Waals surface area contributed by atoms with Gasteiger partial charge < -0.3 is 5.11 Å². The van der Waals surface area contributed by atoms with E-state index in [0.717, 1.165) is 12.8 Å². The summed E-state index contributed by atoms with van der Waals surface area (Å²) >= 11 is 0. The molecule has 0 saturated heterocycles. The number of Topliss-reactive ketones (excluding diaryl/α,β-unsaturated/α-hetero) is 2. The van der Waals surface area contributed by atoms with Crippen LogP contribution in [0.4, 0.5) is 0 Å². The first-order valence-electron chi connectivity index (χ1n) is 5.84. The molecule has 0 saturated carbocycles. The van der Waals surface area contributed by atoms with Gasteiger partial charge in [-0.25, -0.2) is 0 Å². The SMILES string of the molecule is CCCCCC(C(=O)O)C(=O)C(=O)CCC. The zero-order valence-electron chi connectivity index (χ0n) is 9.99. The molecule has 0 heterocycles. The van der Waals surface area contributed by atoms with Crippen LogP contribution in [-0.2, 0) is 14.4 Å². The maximum absolute atomic E-state index is 11.5. The Bertz CT molecular complexity index is 258. The number of unbranched alkanes of at least 4 members (excludes halogenated alkanes) is 2. The van der Waals surface area contributed by atoms with Gasteiger partial charge in [0.25, 0.3) is 0 Å². The van der Waals surface area contributed by atoms with Crippen molar-refractivity contribution in [2.24, 2.45) is 5.92 Å². The molecule has 0 fully saturated rings. The third-order valence-electron chi connectivity index (χ3n) is 2.46. The predicted octanol–water partition coefficient (Wildman–Crippen LogP) is 2.21. The van der Waals surface area contributed by atoms with Gasteiger partial charge in [0.2, 0.25) is 5.78 Å². The number of carbonyl (C=O) groups excluding carboxylic acids is 2. The van der Waals surface area contributed by atoms with Crippen LogP contribution in [-0.4, -0.2) is 22.6 Å². The molecule has 16 heavy (non-hydrogen) atoms. The molecule has 0 rings (SSSR count). The van der Waals surface area contributed by atoms with E-state index in [4.69, 9.17) is 5.11 Å². The normalized spacial score (nSPS) is 12.1. The summed E-state index contributed by atoms with van der Waals surface area (Å²) in [6.07, 6.45) is 3.53. The summed E-state index contributed by atoms with van der Waals surface area (Å²) in [7, 11) is 0. The van der Waals surface area contributed by atoms with Crippen molar-refractivity contribution < 1.29 is 19.5 Å². The van der Waals surface area contributed by atoms with Crippen LogP contribution in [0.5, 0.6) is 0 Å². The molecule has 0 aromatic heterocycles. The van der Waals surface area contributed by atoms with Crippen LogP contribution in [0.1, 0.15) is 52.4 Å². The molecular formula is C12H20O4. The van der Waals surface area contributed by atoms with Crippen molar-refractivity contribution in [3.63, 3.8) is 0 Å². The zero-order chi connectivity index (χ0) is 12.6. The van der Waals surface area contributed by atoms with Gasteiger partial charge in [-0.15, -0.1) is 0 Å². The molecule has 0 spiro atoms. The summed E-state index contributed by atoms with van der Waals surface area (Å²) in [4.78, 5) is 33.7. The number of aliphatic carboxylic acids is 1. The number of rotatable bonds is 9. The number of ketones is 2. The second-order valence-corrected chi connectivity index (χ2v) is 3.92. The molecule has 1 unspecified atom stereocenters. The van der Waals surface area contributed by atoms with Crippen LogP contribution in [0.2, 0.25) is 0 Å². The van der Waals surface area contributed by atoms with Gasteiger partial charge in [0.15, 0.2) is 5.78 Å². The molecular weight excluding hydrogens is 208 g/mol. The first-order valence-corrected chi connectivity index (χ1v) is 5.84. The van der Waals surface area contributed by atoms with Gasteiger partial charge in [0, 0.05) is 6.42 Å². The number of carboxylic acid groups (broad SMARTS) is 1. The van der Waals surface area contributed by atoms with Crippen LogP contribution in [0, 0.1) is 5.92 Å². The molecule has 0 aromatic rings. The zero-order valence-corrected chi connectivity index (χ0v) is 9.99. The maximum Gasteiger partial charge on any atom is 0.314 e. The van der Waals surface area contributed by atoms with Gasteiger partial charge in [-0.3, -0.25) is 14.4 Å². The van der Waals surface area contributed by atoms with Crippen LogP contribution in [0.3, 0.4) is 0 Å². The number of hydrogen-bond donors (Lipinski definition) is 1. The van der Waals surface area contributed by atoms with Gasteiger partial charge >= 0.3 is 5.97 Å². The Morgan fingerprint density at radius 1 is 1.06 bits per heavy atom. The first-order chi connectivity index (χ1) is 7.54. The van der Waals surface area contributed by atoms with Gasteiger partial charge in [-0.1, -0.05) is 33.1 Å². The molecule has 0 aliphatic rings. The maximum atomic E-state index is 11.5. The summed E-state index contributed by atoms with van der Waals surface area (Å²) in [5, 5.41) is 8.89. The van der Waals surface area contributed by atoms with Crippen molar-refractivity contribution >= 4 is 17.5 Å². The molecule has 0 radical (unpaired) electrons. The predicted molar refractivity (Wildman–Crippen MR) is 60.2 cm³/mol. The first kappa shape index (κ1) is 14.8. The lowest BCUT2D eigenvalue weighted by molar-refractivity contribution is -0.150. The van der Waals surface area contributed by atoms with Crippen LogP contribution < -0.4 is 0 Å². The molecule has 4 heteroatoms. The monoisotopic (exact) mass is 228 g/mol. The van der Waals surface area contributed by atoms with Gasteiger partial charge in [0.05, 0.1) is 0 Å². The van der Waals surface area contributed by atoms with Crippen molar-refractivity contribution in [1.29, 1.82) is 0 Å². The van der Waals surface area contributed by atoms with E-state index < -0.39 is 23.5 Å². The Labute approximate surface area is 96.0 Å². The Kier molecular flexibility index (Phi) is 7.42. The van der Waals surface area contributed by atoms with E-state index in [-0.39, 0.29) is 12.8 Å². The highest BCUT2D eigenvalue weighted by Gasteiger charge is 2.29. The standard InChI is InChI=1S/C12H20O4/c1-3-5-6-8-9(12(15)16)11(14)10(13)7-4-2/h9H,3-8H2,1-2H3,(H,15,16). The van der Waals surface area contributed by atoms with Crippen LogP contribution >= 0.6 is 0 Å². The summed E-state index contributed by atoms with van der Waals surface area (Å²) in [5.74, 6) is -3.59. The summed E-state index contributed by atoms with van der Waals surface area (Å²) in [6, 6.07) is 0. The smallest absolute Gasteiger partial charge is 0.314 e. The minimum Gasteiger partial charge on any atom is -0.481 e. The average molecular weight is 228 g/mol. The van der Waals surface area contributed by atoms with Crippen molar-refractivity contribution in [1.82, 2.24) is 0 Å². The number of carboxylic acids is 1. The van der Waals surface area contributed by atoms with Gasteiger partial charge in [-0.05, 0) is 12.8 Å². The van der Waals surface area contributed by atoms with Crippen molar-refractivity contribution in [2.75, 3.05) is 0 Å². The molecule has 0 amide bonds. The Hall–Kier alpha value is -1.19. The molecule has 1 atom stereocenters. The topological polar surface area (TPSA) is 71.4 Å². The number of hydrogen-bond acceptors (Lipinski definition) is 3. The second kappa shape index (κ2) is 8.02. The van der Waals surface area contributed by atoms with Crippen molar-refractivity contribution in [3.05, 3.63) is 0 Å². The molecule has 4 nitrogen and oxygen atoms in total. The van der Waals surface area contributed by atoms with E-state index in [1.807, 2.05) is 6.92 Å². The highest BCUT2D eigenvalue weighted by molar-refractivity contribution is 6.40. The average Bonchev–Trinajstić information content (AvgIpc) is 2.23. The molecule has 0 aliphatic carbocycles. The molecule has 1 N–H and O–H groups in total. The lowest BCUT2D eigenvalue weighted by atomic mass is 9.93. The van der Waals surface area contributed by atoms with E-state index in [2.05, 4.69) is 0 Å². The fourth-order valence-corrected chi connectivity index (χ4v) is 1.51. The lowest BCUT2D eigenvalue weighted by Gasteiger charge is -2.09. The van der Waals surface area contributed by atoms with Crippen LogP contribution in [0.25, 0.3) is 0 Å². The van der Waals surface area contributed by atoms with E-state index >= 15 is 0 Å². The van der Waals surface area contributed by atoms with E-state index in [0.29, 0.717) is 12.8 Å². The molecule has 0 bridgehead atoms. The largest absolute Gasteiger partial charge is 0.481 e. The Balaban J connectivity index is 4.35. The quantitative estimate of drug-likeness (QED) is 0.373. The van der Waals surface area contributed by atoms with E-state index in [9.17, 15) is 14.4 Å². The van der Waals surface area contributed by atoms with Crippen molar-refractivity contribution in [3.8, 4) is 0 Å². The summed E-state index contributed by atoms with van der Waals surface area (Å²) in [6.45, 7) is 3.79. The van der Waals surface area contributed by atoms with E-state index in [1.165, 1.54) is 0 Å². The third-order valence-corrected chi connectivity index (χ3v) is 2.46. The molecule has 0 aliphatic heterocycles. The highest BCUT2D eigenvalue weighted by atomic mass is 16.4. The fraction of sp³-hybridized carbons (Fsp3) is 0.750. The minimum atomic E-state index is -1.18. The number of carbonyl (C=O) groups is 3. The summed E-state index contributed by atoms with van der Waals surface area (Å²) in [5.41, 5.74) is 0. The third kappa shape index (κ3) is 5.05. The summed E-state index contributed by atoms with van der Waals surface area (Å²) < 4.78 is 0. The lowest BCUT2D eigenvalue weighted by Crippen LogP contribution is -2.30. The highest BCUT2D eigenvalue weighted by Crippen LogP contribution is 2.13. The Morgan fingerprint density at radius 3 is 2.12 bits per heavy atom. The van der Waals surface area contributed by atoms with Gasteiger partial charge in [0.1, 0.15) is 5.92 Å². The molecule has 0 aromatic carbocycles. The fourth-order valence-electron chi connectivity index (χ4n) is 1.51.